The first kappa shape index (κ1) is 25.1. The van der Waals surface area contributed by atoms with E-state index in [9.17, 15) is 18.0 Å². The zero-order valence-electron chi connectivity index (χ0n) is 17.4. The molecular weight excluding hydrogens is 498 g/mol. The van der Waals surface area contributed by atoms with Gasteiger partial charge in [0.2, 0.25) is 11.8 Å². The maximum absolute atomic E-state index is 13.4. The standard InChI is InChI=1S/C22H16Cl2F3N3O4/c1-32-11-13(20(31)34-15-5-3-2-4-6-15)12-33-19-10-18(22(25,26)27)29-21(30-19)28-17-8-7-14(23)9-16(17)24/h2-11H,12H2,1H3,(H,28,29,30)/b13-11+. The average Bonchev–Trinajstić information content (AvgIpc) is 2.78. The van der Waals surface area contributed by atoms with Crippen LogP contribution in [-0.2, 0) is 15.7 Å². The van der Waals surface area contributed by atoms with Gasteiger partial charge in [0.25, 0.3) is 0 Å². The molecule has 0 saturated heterocycles. The van der Waals surface area contributed by atoms with Crippen molar-refractivity contribution in [3.05, 3.63) is 82.2 Å². The summed E-state index contributed by atoms with van der Waals surface area (Å²) in [5, 5.41) is 3.08. The van der Waals surface area contributed by atoms with Crippen molar-refractivity contribution in [1.29, 1.82) is 0 Å². The number of esters is 1. The number of benzene rings is 2. The van der Waals surface area contributed by atoms with E-state index in [-0.39, 0.29) is 22.0 Å². The van der Waals surface area contributed by atoms with Gasteiger partial charge in [0, 0.05) is 11.1 Å². The van der Waals surface area contributed by atoms with Crippen LogP contribution in [0.4, 0.5) is 24.8 Å². The smallest absolute Gasteiger partial charge is 0.433 e. The van der Waals surface area contributed by atoms with E-state index in [1.165, 1.54) is 25.3 Å². The van der Waals surface area contributed by atoms with Crippen LogP contribution in [-0.4, -0.2) is 29.7 Å². The number of nitrogens with zero attached hydrogens (tertiary/aromatic N) is 2. The van der Waals surface area contributed by atoms with E-state index in [4.69, 9.17) is 37.4 Å². The first-order valence-electron chi connectivity index (χ1n) is 9.46. The predicted molar refractivity (Wildman–Crippen MR) is 119 cm³/mol. The van der Waals surface area contributed by atoms with Crippen molar-refractivity contribution in [2.24, 2.45) is 0 Å². The van der Waals surface area contributed by atoms with Crippen LogP contribution in [0.2, 0.25) is 10.0 Å². The molecule has 3 rings (SSSR count). The van der Waals surface area contributed by atoms with Gasteiger partial charge in [-0.25, -0.2) is 9.78 Å². The fourth-order valence-corrected chi connectivity index (χ4v) is 2.96. The number of anilines is 2. The number of ether oxygens (including phenoxy) is 3. The summed E-state index contributed by atoms with van der Waals surface area (Å²) < 4.78 is 55.6. The summed E-state index contributed by atoms with van der Waals surface area (Å²) in [5.41, 5.74) is -1.15. The lowest BCUT2D eigenvalue weighted by molar-refractivity contribution is -0.141. The molecule has 34 heavy (non-hydrogen) atoms. The van der Waals surface area contributed by atoms with Crippen molar-refractivity contribution in [1.82, 2.24) is 9.97 Å². The molecule has 1 N–H and O–H groups in total. The lowest BCUT2D eigenvalue weighted by Gasteiger charge is -2.14. The molecule has 1 heterocycles. The summed E-state index contributed by atoms with van der Waals surface area (Å²) in [6, 6.07) is 13.1. The monoisotopic (exact) mass is 513 g/mol. The van der Waals surface area contributed by atoms with Crippen molar-refractivity contribution in [3.63, 3.8) is 0 Å². The van der Waals surface area contributed by atoms with E-state index in [0.29, 0.717) is 11.1 Å². The Kier molecular flexibility index (Phi) is 8.19. The summed E-state index contributed by atoms with van der Waals surface area (Å²) in [5.74, 6) is -1.44. The van der Waals surface area contributed by atoms with Gasteiger partial charge in [0.15, 0.2) is 5.69 Å². The number of halogens is 5. The normalized spacial score (nSPS) is 11.6. The molecule has 0 aliphatic rings. The quantitative estimate of drug-likeness (QED) is 0.169. The van der Waals surface area contributed by atoms with Gasteiger partial charge in [-0.1, -0.05) is 41.4 Å². The number of aromatic nitrogens is 2. The predicted octanol–water partition coefficient (Wildman–Crippen LogP) is 6.06. The molecule has 0 bridgehead atoms. The zero-order valence-corrected chi connectivity index (χ0v) is 18.9. The fourth-order valence-electron chi connectivity index (χ4n) is 2.51. The van der Waals surface area contributed by atoms with Crippen molar-refractivity contribution < 1.29 is 32.2 Å². The molecule has 0 unspecified atom stereocenters. The van der Waals surface area contributed by atoms with Crippen LogP contribution in [0.25, 0.3) is 0 Å². The van der Waals surface area contributed by atoms with Crippen LogP contribution in [0.3, 0.4) is 0 Å². The molecule has 1 aromatic heterocycles. The van der Waals surface area contributed by atoms with Crippen LogP contribution < -0.4 is 14.8 Å². The van der Waals surface area contributed by atoms with Crippen LogP contribution >= 0.6 is 23.2 Å². The Morgan fingerprint density at radius 1 is 1.09 bits per heavy atom. The van der Waals surface area contributed by atoms with Crippen LogP contribution in [0.15, 0.2) is 66.4 Å². The second kappa shape index (κ2) is 11.1. The first-order chi connectivity index (χ1) is 16.2. The third-order valence-corrected chi connectivity index (χ3v) is 4.57. The zero-order chi connectivity index (χ0) is 24.7. The summed E-state index contributed by atoms with van der Waals surface area (Å²) >= 11 is 11.9. The molecule has 7 nitrogen and oxygen atoms in total. The van der Waals surface area contributed by atoms with Crippen molar-refractivity contribution in [3.8, 4) is 11.6 Å². The highest BCUT2D eigenvalue weighted by Gasteiger charge is 2.34. The Labute approximate surface area is 202 Å². The largest absolute Gasteiger partial charge is 0.504 e. The second-order valence-corrected chi connectivity index (χ2v) is 7.38. The molecule has 0 saturated carbocycles. The number of hydrogen-bond acceptors (Lipinski definition) is 7. The fraction of sp³-hybridized carbons (Fsp3) is 0.136. The molecule has 0 fully saturated rings. The lowest BCUT2D eigenvalue weighted by Crippen LogP contribution is -2.18. The van der Waals surface area contributed by atoms with E-state index >= 15 is 0 Å². The third kappa shape index (κ3) is 7.00. The topological polar surface area (TPSA) is 82.6 Å². The Morgan fingerprint density at radius 3 is 2.47 bits per heavy atom. The van der Waals surface area contributed by atoms with Gasteiger partial charge < -0.3 is 19.5 Å². The Balaban J connectivity index is 1.82. The molecule has 0 spiro atoms. The van der Waals surface area contributed by atoms with Crippen LogP contribution in [0.1, 0.15) is 5.69 Å². The third-order valence-electron chi connectivity index (χ3n) is 4.02. The van der Waals surface area contributed by atoms with E-state index < -0.39 is 36.3 Å². The van der Waals surface area contributed by atoms with Crippen LogP contribution in [0.5, 0.6) is 11.6 Å². The maximum atomic E-state index is 13.4. The molecular formula is C22H16Cl2F3N3O4. The highest BCUT2D eigenvalue weighted by molar-refractivity contribution is 6.36. The second-order valence-electron chi connectivity index (χ2n) is 6.53. The molecule has 3 aromatic rings. The van der Waals surface area contributed by atoms with Gasteiger partial charge in [0.1, 0.15) is 17.9 Å². The van der Waals surface area contributed by atoms with Gasteiger partial charge in [-0.2, -0.15) is 18.2 Å². The molecule has 0 atom stereocenters. The number of alkyl halides is 3. The minimum absolute atomic E-state index is 0.103. The first-order valence-corrected chi connectivity index (χ1v) is 10.2. The number of methoxy groups -OCH3 is 1. The molecule has 0 radical (unpaired) electrons. The summed E-state index contributed by atoms with van der Waals surface area (Å²) in [6.07, 6.45) is -3.73. The van der Waals surface area contributed by atoms with Crippen molar-refractivity contribution in [2.75, 3.05) is 19.0 Å². The number of carbonyl (C=O) groups is 1. The number of nitrogens with one attached hydrogen (secondary N) is 1. The minimum Gasteiger partial charge on any atom is -0.504 e. The van der Waals surface area contributed by atoms with Gasteiger partial charge in [0.05, 0.1) is 24.1 Å². The van der Waals surface area contributed by atoms with Gasteiger partial charge in [-0.15, -0.1) is 0 Å². The van der Waals surface area contributed by atoms with E-state index in [1.54, 1.807) is 30.3 Å². The summed E-state index contributed by atoms with van der Waals surface area (Å²) in [4.78, 5) is 19.8. The molecule has 0 aliphatic carbocycles. The van der Waals surface area contributed by atoms with Gasteiger partial charge in [-0.05, 0) is 30.3 Å². The van der Waals surface area contributed by atoms with Crippen molar-refractivity contribution >= 4 is 40.8 Å². The average molecular weight is 514 g/mol. The van der Waals surface area contributed by atoms with Crippen LogP contribution in [0, 0.1) is 0 Å². The maximum Gasteiger partial charge on any atom is 0.433 e. The number of hydrogen-bond donors (Lipinski definition) is 1. The number of carbonyl (C=O) groups excluding carboxylic acids is 1. The Bertz CT molecular complexity index is 1190. The van der Waals surface area contributed by atoms with Crippen molar-refractivity contribution in [2.45, 2.75) is 6.18 Å². The molecule has 0 aliphatic heterocycles. The van der Waals surface area contributed by atoms with Gasteiger partial charge >= 0.3 is 12.1 Å². The van der Waals surface area contributed by atoms with E-state index in [0.717, 1.165) is 6.26 Å². The minimum atomic E-state index is -4.79. The lowest BCUT2D eigenvalue weighted by atomic mass is 10.3. The number of para-hydroxylation sites is 1. The van der Waals surface area contributed by atoms with E-state index in [2.05, 4.69) is 15.3 Å². The summed E-state index contributed by atoms with van der Waals surface area (Å²) in [6.45, 7) is -0.491. The Morgan fingerprint density at radius 2 is 1.82 bits per heavy atom. The molecule has 2 aromatic carbocycles. The summed E-state index contributed by atoms with van der Waals surface area (Å²) in [7, 11) is 1.29. The molecule has 12 heteroatoms. The number of rotatable bonds is 8. The molecule has 178 valence electrons. The van der Waals surface area contributed by atoms with Gasteiger partial charge in [-0.3, -0.25) is 0 Å². The highest BCUT2D eigenvalue weighted by atomic mass is 35.5. The highest BCUT2D eigenvalue weighted by Crippen LogP contribution is 2.32. The molecule has 0 amide bonds. The SMILES string of the molecule is CO/C=C(\COc1cc(C(F)(F)F)nc(Nc2ccc(Cl)cc2Cl)n1)C(=O)Oc1ccccc1. The van der Waals surface area contributed by atoms with E-state index in [1.807, 2.05) is 0 Å². The Hall–Kier alpha value is -3.50.